The normalized spacial score (nSPS) is 26.7. The van der Waals surface area contributed by atoms with E-state index >= 15 is 0 Å². The number of nitrogens with one attached hydrogen (secondary N) is 2. The van der Waals surface area contributed by atoms with Crippen LogP contribution < -0.4 is 10.6 Å². The van der Waals surface area contributed by atoms with E-state index in [-0.39, 0.29) is 18.0 Å². The summed E-state index contributed by atoms with van der Waals surface area (Å²) >= 11 is 3.66. The summed E-state index contributed by atoms with van der Waals surface area (Å²) in [4.78, 5) is 13.4. The van der Waals surface area contributed by atoms with Gasteiger partial charge < -0.3 is 5.32 Å². The van der Waals surface area contributed by atoms with Crippen molar-refractivity contribution in [2.24, 2.45) is 0 Å². The Morgan fingerprint density at radius 3 is 3.11 bits per heavy atom. The fourth-order valence-electron chi connectivity index (χ4n) is 2.33. The van der Waals surface area contributed by atoms with Gasteiger partial charge in [0.25, 0.3) is 0 Å². The summed E-state index contributed by atoms with van der Waals surface area (Å²) < 4.78 is 0. The van der Waals surface area contributed by atoms with Gasteiger partial charge >= 0.3 is 0 Å². The smallest absolute Gasteiger partial charge is 0.238 e. The van der Waals surface area contributed by atoms with E-state index in [9.17, 15) is 4.79 Å². The minimum absolute atomic E-state index is 0.0169. The van der Waals surface area contributed by atoms with E-state index in [1.54, 1.807) is 11.8 Å². The van der Waals surface area contributed by atoms with Gasteiger partial charge in [0.2, 0.25) is 5.91 Å². The van der Waals surface area contributed by atoms with Crippen LogP contribution in [0.25, 0.3) is 0 Å². The van der Waals surface area contributed by atoms with Crippen LogP contribution in [0, 0.1) is 0 Å². The maximum Gasteiger partial charge on any atom is 0.238 e. The molecule has 0 bridgehead atoms. The molecule has 0 aliphatic carbocycles. The van der Waals surface area contributed by atoms with Crippen molar-refractivity contribution in [3.63, 3.8) is 0 Å². The van der Waals surface area contributed by atoms with Crippen LogP contribution in [0.5, 0.6) is 0 Å². The molecule has 1 aromatic rings. The molecule has 0 spiro atoms. The molecule has 3 rings (SSSR count). The molecule has 0 aromatic heterocycles. The standard InChI is InChI=1S/C13H16N2OS2/c16-13(11-7-17-8-14-11)15-10-5-6-18-12-4-2-1-3-9(10)12/h1-4,10-11,14H,5-8H2,(H,15,16). The third-order valence-electron chi connectivity index (χ3n) is 3.31. The van der Waals surface area contributed by atoms with Gasteiger partial charge in [-0.25, -0.2) is 0 Å². The van der Waals surface area contributed by atoms with E-state index in [1.807, 2.05) is 17.8 Å². The predicted molar refractivity (Wildman–Crippen MR) is 76.9 cm³/mol. The lowest BCUT2D eigenvalue weighted by molar-refractivity contribution is -0.123. The highest BCUT2D eigenvalue weighted by Crippen LogP contribution is 2.35. The highest BCUT2D eigenvalue weighted by Gasteiger charge is 2.27. The number of benzene rings is 1. The van der Waals surface area contributed by atoms with E-state index in [0.717, 1.165) is 23.8 Å². The minimum Gasteiger partial charge on any atom is -0.348 e. The molecule has 2 heterocycles. The molecule has 1 saturated heterocycles. The Morgan fingerprint density at radius 2 is 2.28 bits per heavy atom. The quantitative estimate of drug-likeness (QED) is 0.869. The summed E-state index contributed by atoms with van der Waals surface area (Å²) in [7, 11) is 0. The molecule has 1 aromatic carbocycles. The largest absolute Gasteiger partial charge is 0.348 e. The van der Waals surface area contributed by atoms with E-state index in [1.165, 1.54) is 10.5 Å². The van der Waals surface area contributed by atoms with Gasteiger partial charge in [-0.05, 0) is 18.1 Å². The SMILES string of the molecule is O=C(NC1CCSc2ccccc21)C1CSCN1. The molecular weight excluding hydrogens is 264 g/mol. The van der Waals surface area contributed by atoms with Crippen molar-refractivity contribution in [2.75, 3.05) is 17.4 Å². The minimum atomic E-state index is -0.0169. The molecule has 2 aliphatic heterocycles. The lowest BCUT2D eigenvalue weighted by Gasteiger charge is -2.26. The summed E-state index contributed by atoms with van der Waals surface area (Å²) in [5.41, 5.74) is 1.27. The summed E-state index contributed by atoms with van der Waals surface area (Å²) in [6.45, 7) is 0. The summed E-state index contributed by atoms with van der Waals surface area (Å²) in [5, 5.41) is 6.40. The van der Waals surface area contributed by atoms with Crippen LogP contribution in [0.3, 0.4) is 0 Å². The number of thioether (sulfide) groups is 2. The number of rotatable bonds is 2. The molecule has 2 N–H and O–H groups in total. The molecule has 96 valence electrons. The predicted octanol–water partition coefficient (Wildman–Crippen LogP) is 2.00. The fraction of sp³-hybridized carbons (Fsp3) is 0.462. The Bertz CT molecular complexity index is 446. The molecule has 0 saturated carbocycles. The van der Waals surface area contributed by atoms with Gasteiger partial charge in [-0.3, -0.25) is 10.1 Å². The maximum absolute atomic E-state index is 12.1. The first-order valence-electron chi connectivity index (χ1n) is 6.18. The third-order valence-corrected chi connectivity index (χ3v) is 5.37. The van der Waals surface area contributed by atoms with Gasteiger partial charge in [0.15, 0.2) is 0 Å². The first-order chi connectivity index (χ1) is 8.84. The van der Waals surface area contributed by atoms with Gasteiger partial charge in [0.05, 0.1) is 12.1 Å². The molecule has 3 nitrogen and oxygen atoms in total. The van der Waals surface area contributed by atoms with Crippen LogP contribution >= 0.6 is 23.5 Å². The second-order valence-electron chi connectivity index (χ2n) is 4.51. The lowest BCUT2D eigenvalue weighted by Crippen LogP contribution is -2.44. The maximum atomic E-state index is 12.1. The van der Waals surface area contributed by atoms with Crippen molar-refractivity contribution in [3.8, 4) is 0 Å². The first-order valence-corrected chi connectivity index (χ1v) is 8.32. The highest BCUT2D eigenvalue weighted by molar-refractivity contribution is 7.99. The van der Waals surface area contributed by atoms with Gasteiger partial charge in [-0.2, -0.15) is 0 Å². The Balaban J connectivity index is 1.72. The van der Waals surface area contributed by atoms with Gasteiger partial charge in [0.1, 0.15) is 0 Å². The number of carbonyl (C=O) groups is 1. The zero-order chi connectivity index (χ0) is 12.4. The molecule has 1 fully saturated rings. The molecular formula is C13H16N2OS2. The van der Waals surface area contributed by atoms with Crippen LogP contribution in [0.2, 0.25) is 0 Å². The van der Waals surface area contributed by atoms with E-state index < -0.39 is 0 Å². The van der Waals surface area contributed by atoms with E-state index in [4.69, 9.17) is 0 Å². The number of hydrogen-bond donors (Lipinski definition) is 2. The number of amides is 1. The Morgan fingerprint density at radius 1 is 1.39 bits per heavy atom. The summed E-state index contributed by atoms with van der Waals surface area (Å²) in [5.74, 6) is 2.99. The second kappa shape index (κ2) is 5.55. The van der Waals surface area contributed by atoms with Crippen LogP contribution in [-0.2, 0) is 4.79 Å². The summed E-state index contributed by atoms with van der Waals surface area (Å²) in [6, 6.07) is 8.54. The topological polar surface area (TPSA) is 41.1 Å². The van der Waals surface area contributed by atoms with Gasteiger partial charge in [-0.15, -0.1) is 23.5 Å². The number of hydrogen-bond acceptors (Lipinski definition) is 4. The Kier molecular flexibility index (Phi) is 3.82. The Labute approximate surface area is 115 Å². The average molecular weight is 280 g/mol. The molecule has 2 unspecified atom stereocenters. The second-order valence-corrected chi connectivity index (χ2v) is 6.67. The monoisotopic (exact) mass is 280 g/mol. The molecule has 1 amide bonds. The van der Waals surface area contributed by atoms with Crippen molar-refractivity contribution >= 4 is 29.4 Å². The summed E-state index contributed by atoms with van der Waals surface area (Å²) in [6.07, 6.45) is 1.02. The fourth-order valence-corrected chi connectivity index (χ4v) is 4.39. The average Bonchev–Trinajstić information content (AvgIpc) is 2.93. The molecule has 2 aliphatic rings. The molecule has 5 heteroatoms. The zero-order valence-corrected chi connectivity index (χ0v) is 11.7. The van der Waals surface area contributed by atoms with E-state index in [2.05, 4.69) is 28.8 Å². The lowest BCUT2D eigenvalue weighted by atomic mass is 10.0. The van der Waals surface area contributed by atoms with E-state index in [0.29, 0.717) is 0 Å². The first kappa shape index (κ1) is 12.4. The van der Waals surface area contributed by atoms with Gasteiger partial charge in [-0.1, -0.05) is 18.2 Å². The molecule has 0 radical (unpaired) electrons. The third kappa shape index (κ3) is 2.53. The van der Waals surface area contributed by atoms with Crippen LogP contribution in [0.4, 0.5) is 0 Å². The Hall–Kier alpha value is -0.650. The highest BCUT2D eigenvalue weighted by atomic mass is 32.2. The van der Waals surface area contributed by atoms with Crippen molar-refractivity contribution < 1.29 is 4.79 Å². The van der Waals surface area contributed by atoms with Crippen LogP contribution in [0.15, 0.2) is 29.2 Å². The van der Waals surface area contributed by atoms with Crippen LogP contribution in [-0.4, -0.2) is 29.3 Å². The molecule has 2 atom stereocenters. The number of carbonyl (C=O) groups excluding carboxylic acids is 1. The zero-order valence-electron chi connectivity index (χ0n) is 10.0. The van der Waals surface area contributed by atoms with Crippen molar-refractivity contribution in [3.05, 3.63) is 29.8 Å². The van der Waals surface area contributed by atoms with Gasteiger partial charge in [0, 0.05) is 22.3 Å². The molecule has 18 heavy (non-hydrogen) atoms. The van der Waals surface area contributed by atoms with Crippen molar-refractivity contribution in [2.45, 2.75) is 23.4 Å². The van der Waals surface area contributed by atoms with Crippen LogP contribution in [0.1, 0.15) is 18.0 Å². The number of fused-ring (bicyclic) bond motifs is 1. The van der Waals surface area contributed by atoms with Crippen molar-refractivity contribution in [1.82, 2.24) is 10.6 Å². The van der Waals surface area contributed by atoms with Crippen molar-refractivity contribution in [1.29, 1.82) is 0 Å².